The summed E-state index contributed by atoms with van der Waals surface area (Å²) < 4.78 is 0. The minimum atomic E-state index is -0.404. The molecular formula is C22H27NO3. The van der Waals surface area contributed by atoms with Crippen molar-refractivity contribution in [2.75, 3.05) is 0 Å². The zero-order valence-corrected chi connectivity index (χ0v) is 16.3. The molecule has 0 heterocycles. The number of phenolic OH excluding ortho intramolecular Hbond substituents is 1. The molecule has 0 bridgehead atoms. The lowest BCUT2D eigenvalue weighted by Gasteiger charge is -2.27. The molecule has 26 heavy (non-hydrogen) atoms. The smallest absolute Gasteiger partial charge is 0.269 e. The van der Waals surface area contributed by atoms with Gasteiger partial charge in [-0.05, 0) is 46.2 Å². The van der Waals surface area contributed by atoms with Gasteiger partial charge in [0.25, 0.3) is 5.69 Å². The topological polar surface area (TPSA) is 63.4 Å². The fraction of sp³-hybridized carbons (Fsp3) is 0.364. The van der Waals surface area contributed by atoms with Crippen molar-refractivity contribution in [2.45, 2.75) is 52.4 Å². The molecule has 1 N–H and O–H groups in total. The zero-order chi connectivity index (χ0) is 19.7. The number of phenols is 1. The molecule has 0 radical (unpaired) electrons. The monoisotopic (exact) mass is 353 g/mol. The van der Waals surface area contributed by atoms with Crippen LogP contribution in [-0.2, 0) is 10.8 Å². The first-order valence-electron chi connectivity index (χ1n) is 8.70. The summed E-state index contributed by atoms with van der Waals surface area (Å²) in [5.41, 5.74) is 3.43. The van der Waals surface area contributed by atoms with Crippen LogP contribution in [-0.4, -0.2) is 10.0 Å². The lowest BCUT2D eigenvalue weighted by molar-refractivity contribution is -0.384. The van der Waals surface area contributed by atoms with Gasteiger partial charge in [0.1, 0.15) is 5.75 Å². The molecule has 0 saturated heterocycles. The third-order valence-electron chi connectivity index (χ3n) is 4.32. The molecule has 0 fully saturated rings. The van der Waals surface area contributed by atoms with Crippen LogP contribution in [0.25, 0.3) is 12.2 Å². The van der Waals surface area contributed by atoms with Crippen molar-refractivity contribution in [2.24, 2.45) is 0 Å². The second-order valence-corrected chi connectivity index (χ2v) is 8.65. The maximum absolute atomic E-state index is 10.8. The van der Waals surface area contributed by atoms with E-state index in [0.717, 1.165) is 22.3 Å². The third kappa shape index (κ3) is 4.51. The van der Waals surface area contributed by atoms with E-state index in [1.807, 2.05) is 24.3 Å². The first-order valence-corrected chi connectivity index (χ1v) is 8.70. The predicted octanol–water partition coefficient (Wildman–Crippen LogP) is 6.07. The molecule has 0 atom stereocenters. The van der Waals surface area contributed by atoms with Gasteiger partial charge in [-0.2, -0.15) is 0 Å². The summed E-state index contributed by atoms with van der Waals surface area (Å²) in [5, 5.41) is 21.5. The Balaban J connectivity index is 2.47. The van der Waals surface area contributed by atoms with E-state index in [2.05, 4.69) is 41.5 Å². The largest absolute Gasteiger partial charge is 0.507 e. The number of hydrogen-bond acceptors (Lipinski definition) is 3. The SMILES string of the molecule is CC(C)(C)c1cc(C=Cc2ccc([N+](=O)[O-])cc2)cc(C(C)(C)C)c1O. The summed E-state index contributed by atoms with van der Waals surface area (Å²) in [4.78, 5) is 10.3. The van der Waals surface area contributed by atoms with E-state index < -0.39 is 4.92 Å². The van der Waals surface area contributed by atoms with Gasteiger partial charge >= 0.3 is 0 Å². The van der Waals surface area contributed by atoms with Gasteiger partial charge in [-0.25, -0.2) is 0 Å². The molecule has 2 aromatic carbocycles. The highest BCUT2D eigenvalue weighted by molar-refractivity contribution is 5.72. The quantitative estimate of drug-likeness (QED) is 0.414. The van der Waals surface area contributed by atoms with Gasteiger partial charge in [0, 0.05) is 23.3 Å². The number of rotatable bonds is 3. The van der Waals surface area contributed by atoms with E-state index in [9.17, 15) is 15.2 Å². The Hall–Kier alpha value is -2.62. The van der Waals surface area contributed by atoms with Gasteiger partial charge in [-0.15, -0.1) is 0 Å². The van der Waals surface area contributed by atoms with E-state index in [-0.39, 0.29) is 16.5 Å². The van der Waals surface area contributed by atoms with Crippen molar-refractivity contribution in [3.63, 3.8) is 0 Å². The number of hydrogen-bond donors (Lipinski definition) is 1. The summed E-state index contributed by atoms with van der Waals surface area (Å²) >= 11 is 0. The first kappa shape index (κ1) is 19.7. The maximum Gasteiger partial charge on any atom is 0.269 e. The Morgan fingerprint density at radius 1 is 0.846 bits per heavy atom. The van der Waals surface area contributed by atoms with Crippen LogP contribution in [0, 0.1) is 10.1 Å². The molecule has 0 aliphatic carbocycles. The summed E-state index contributed by atoms with van der Waals surface area (Å²) in [6.45, 7) is 12.5. The predicted molar refractivity (Wildman–Crippen MR) is 108 cm³/mol. The van der Waals surface area contributed by atoms with Crippen molar-refractivity contribution in [3.05, 3.63) is 68.8 Å². The standard InChI is InChI=1S/C22H27NO3/c1-21(2,3)18-13-16(14-19(20(18)24)22(4,5)6)8-7-15-9-11-17(12-10-15)23(25)26/h7-14,24H,1-6H3. The van der Waals surface area contributed by atoms with Crippen molar-refractivity contribution in [3.8, 4) is 5.75 Å². The van der Waals surface area contributed by atoms with Gasteiger partial charge < -0.3 is 5.11 Å². The Labute approximate surface area is 155 Å². The van der Waals surface area contributed by atoms with Crippen LogP contribution in [0.15, 0.2) is 36.4 Å². The van der Waals surface area contributed by atoms with Crippen LogP contribution in [0.4, 0.5) is 5.69 Å². The van der Waals surface area contributed by atoms with Gasteiger partial charge in [0.2, 0.25) is 0 Å². The average Bonchev–Trinajstić information content (AvgIpc) is 2.52. The zero-order valence-electron chi connectivity index (χ0n) is 16.3. The molecule has 2 rings (SSSR count). The first-order chi connectivity index (χ1) is 11.9. The molecule has 0 spiro atoms. The number of non-ortho nitro benzene ring substituents is 1. The highest BCUT2D eigenvalue weighted by Gasteiger charge is 2.26. The Morgan fingerprint density at radius 2 is 1.27 bits per heavy atom. The third-order valence-corrected chi connectivity index (χ3v) is 4.32. The second-order valence-electron chi connectivity index (χ2n) is 8.65. The fourth-order valence-corrected chi connectivity index (χ4v) is 2.80. The van der Waals surface area contributed by atoms with Crippen LogP contribution in [0.1, 0.15) is 63.8 Å². The van der Waals surface area contributed by atoms with Crippen molar-refractivity contribution in [1.29, 1.82) is 0 Å². The number of nitro groups is 1. The lowest BCUT2D eigenvalue weighted by atomic mass is 9.78. The van der Waals surface area contributed by atoms with E-state index in [4.69, 9.17) is 0 Å². The van der Waals surface area contributed by atoms with E-state index in [0.29, 0.717) is 5.75 Å². The molecule has 138 valence electrons. The summed E-state index contributed by atoms with van der Waals surface area (Å²) in [5.74, 6) is 0.359. The van der Waals surface area contributed by atoms with Crippen LogP contribution in [0.3, 0.4) is 0 Å². The number of aromatic hydroxyl groups is 1. The fourth-order valence-electron chi connectivity index (χ4n) is 2.80. The molecule has 0 aliphatic rings. The molecule has 4 nitrogen and oxygen atoms in total. The minimum Gasteiger partial charge on any atom is -0.507 e. The number of nitrogens with zero attached hydrogens (tertiary/aromatic N) is 1. The van der Waals surface area contributed by atoms with E-state index >= 15 is 0 Å². The second kappa shape index (κ2) is 6.94. The average molecular weight is 353 g/mol. The Kier molecular flexibility index (Phi) is 5.26. The molecule has 2 aromatic rings. The van der Waals surface area contributed by atoms with Gasteiger partial charge in [-0.1, -0.05) is 53.7 Å². The number of nitro benzene ring substituents is 1. The maximum atomic E-state index is 10.8. The van der Waals surface area contributed by atoms with Gasteiger partial charge in [-0.3, -0.25) is 10.1 Å². The lowest BCUT2D eigenvalue weighted by Crippen LogP contribution is -2.17. The van der Waals surface area contributed by atoms with Crippen molar-refractivity contribution < 1.29 is 10.0 Å². The number of benzene rings is 2. The Morgan fingerprint density at radius 3 is 1.65 bits per heavy atom. The summed E-state index contributed by atoms with van der Waals surface area (Å²) in [6, 6.07) is 10.5. The van der Waals surface area contributed by atoms with Crippen LogP contribution < -0.4 is 0 Å². The minimum absolute atomic E-state index is 0.0804. The molecular weight excluding hydrogens is 326 g/mol. The molecule has 0 saturated carbocycles. The Bertz CT molecular complexity index is 800. The van der Waals surface area contributed by atoms with Crippen molar-refractivity contribution >= 4 is 17.8 Å². The molecule has 4 heteroatoms. The van der Waals surface area contributed by atoms with Gasteiger partial charge in [0.15, 0.2) is 0 Å². The highest BCUT2D eigenvalue weighted by atomic mass is 16.6. The van der Waals surface area contributed by atoms with Crippen LogP contribution >= 0.6 is 0 Å². The van der Waals surface area contributed by atoms with E-state index in [1.54, 1.807) is 12.1 Å². The van der Waals surface area contributed by atoms with Gasteiger partial charge in [0.05, 0.1) is 4.92 Å². The molecule has 0 aromatic heterocycles. The van der Waals surface area contributed by atoms with E-state index in [1.165, 1.54) is 12.1 Å². The normalized spacial score (nSPS) is 12.5. The summed E-state index contributed by atoms with van der Waals surface area (Å²) in [6.07, 6.45) is 3.90. The van der Waals surface area contributed by atoms with Crippen molar-refractivity contribution in [1.82, 2.24) is 0 Å². The highest BCUT2D eigenvalue weighted by Crippen LogP contribution is 2.40. The summed E-state index contributed by atoms with van der Waals surface area (Å²) in [7, 11) is 0. The molecule has 0 amide bonds. The van der Waals surface area contributed by atoms with Crippen LogP contribution in [0.2, 0.25) is 0 Å². The molecule has 0 unspecified atom stereocenters. The van der Waals surface area contributed by atoms with Crippen LogP contribution in [0.5, 0.6) is 5.75 Å². The molecule has 0 aliphatic heterocycles.